The van der Waals surface area contributed by atoms with Gasteiger partial charge in [0.2, 0.25) is 5.91 Å². The maximum absolute atomic E-state index is 13.1. The minimum absolute atomic E-state index is 0.0548. The smallest absolute Gasteiger partial charge is 0.233 e. The summed E-state index contributed by atoms with van der Waals surface area (Å²) in [6.45, 7) is 7.26. The summed E-state index contributed by atoms with van der Waals surface area (Å²) < 4.78 is 31.3. The number of sulfone groups is 1. The molecule has 0 radical (unpaired) electrons. The Labute approximate surface area is 188 Å². The molecule has 0 bridgehead atoms. The number of carbonyl (C=O) groups is 1. The number of aromatic nitrogens is 3. The largest absolute Gasteiger partial charge is 0.496 e. The molecule has 2 aromatic rings. The summed E-state index contributed by atoms with van der Waals surface area (Å²) in [6.07, 6.45) is 0.508. The molecule has 0 saturated carbocycles. The highest BCUT2D eigenvalue weighted by Crippen LogP contribution is 2.31. The molecule has 1 atom stereocenters. The maximum Gasteiger partial charge on any atom is 0.233 e. The number of ether oxygens (including phenoxy) is 1. The van der Waals surface area contributed by atoms with Gasteiger partial charge < -0.3 is 14.2 Å². The van der Waals surface area contributed by atoms with E-state index in [2.05, 4.69) is 10.2 Å². The van der Waals surface area contributed by atoms with Gasteiger partial charge in [-0.2, -0.15) is 0 Å². The van der Waals surface area contributed by atoms with Crippen LogP contribution in [0.1, 0.15) is 27.2 Å². The fourth-order valence-corrected chi connectivity index (χ4v) is 6.41. The Kier molecular flexibility index (Phi) is 7.64. The van der Waals surface area contributed by atoms with E-state index in [-0.39, 0.29) is 35.1 Å². The van der Waals surface area contributed by atoms with Crippen LogP contribution in [0.25, 0.3) is 11.4 Å². The van der Waals surface area contributed by atoms with Gasteiger partial charge >= 0.3 is 0 Å². The van der Waals surface area contributed by atoms with Crippen LogP contribution < -0.4 is 4.74 Å². The van der Waals surface area contributed by atoms with Gasteiger partial charge in [0.15, 0.2) is 20.8 Å². The molecule has 0 aliphatic carbocycles. The third-order valence-electron chi connectivity index (χ3n) is 5.24. The average molecular weight is 467 g/mol. The predicted octanol–water partition coefficient (Wildman–Crippen LogP) is 2.74. The Bertz CT molecular complexity index is 1020. The van der Waals surface area contributed by atoms with E-state index in [1.165, 1.54) is 11.8 Å². The standard InChI is InChI=1S/C21H30N4O4S2/c1-5-24-20(17-8-6-7-9-18(17)29-4)22-23-21(24)30-13-19(26)25(12-15(2)3)16-10-11-31(27,28)14-16/h6-9,15-16H,5,10-14H2,1-4H3. The van der Waals surface area contributed by atoms with Crippen LogP contribution in [0.2, 0.25) is 0 Å². The van der Waals surface area contributed by atoms with Crippen LogP contribution in [0.4, 0.5) is 0 Å². The second-order valence-corrected chi connectivity index (χ2v) is 11.2. The van der Waals surface area contributed by atoms with Crippen LogP contribution >= 0.6 is 11.8 Å². The topological polar surface area (TPSA) is 94.4 Å². The lowest BCUT2D eigenvalue weighted by molar-refractivity contribution is -0.130. The highest BCUT2D eigenvalue weighted by molar-refractivity contribution is 7.99. The number of para-hydroxylation sites is 1. The molecule has 1 aliphatic heterocycles. The summed E-state index contributed by atoms with van der Waals surface area (Å²) in [5.74, 6) is 1.99. The van der Waals surface area contributed by atoms with E-state index in [0.717, 1.165) is 5.56 Å². The van der Waals surface area contributed by atoms with Crippen molar-refractivity contribution in [2.45, 2.75) is 44.9 Å². The molecule has 1 aliphatic rings. The molecule has 1 aromatic heterocycles. The van der Waals surface area contributed by atoms with Gasteiger partial charge in [0.1, 0.15) is 5.75 Å². The van der Waals surface area contributed by atoms with Crippen LogP contribution in [0.3, 0.4) is 0 Å². The Morgan fingerprint density at radius 2 is 2.06 bits per heavy atom. The number of nitrogens with zero attached hydrogens (tertiary/aromatic N) is 4. The van der Waals surface area contributed by atoms with Crippen molar-refractivity contribution in [2.24, 2.45) is 5.92 Å². The highest BCUT2D eigenvalue weighted by Gasteiger charge is 2.35. The number of hydrogen-bond acceptors (Lipinski definition) is 7. The van der Waals surface area contributed by atoms with Crippen molar-refractivity contribution in [3.63, 3.8) is 0 Å². The van der Waals surface area contributed by atoms with Crippen LogP contribution in [0, 0.1) is 5.92 Å². The molecular weight excluding hydrogens is 436 g/mol. The van der Waals surface area contributed by atoms with E-state index in [1.807, 2.05) is 49.6 Å². The SMILES string of the molecule is CCn1c(SCC(=O)N(CC(C)C)C2CCS(=O)(=O)C2)nnc1-c1ccccc1OC. The lowest BCUT2D eigenvalue weighted by Crippen LogP contribution is -2.44. The molecule has 3 rings (SSSR count). The summed E-state index contributed by atoms with van der Waals surface area (Å²) in [7, 11) is -1.44. The molecule has 1 amide bonds. The van der Waals surface area contributed by atoms with E-state index in [9.17, 15) is 13.2 Å². The molecule has 0 spiro atoms. The molecule has 2 heterocycles. The van der Waals surface area contributed by atoms with Gasteiger partial charge in [0, 0.05) is 19.1 Å². The zero-order valence-corrected chi connectivity index (χ0v) is 20.1. The summed E-state index contributed by atoms with van der Waals surface area (Å²) in [4.78, 5) is 14.8. The number of carbonyl (C=O) groups excluding carboxylic acids is 1. The van der Waals surface area contributed by atoms with Crippen molar-refractivity contribution in [3.05, 3.63) is 24.3 Å². The first kappa shape index (κ1) is 23.6. The minimum atomic E-state index is -3.06. The first-order valence-electron chi connectivity index (χ1n) is 10.4. The summed E-state index contributed by atoms with van der Waals surface area (Å²) in [6, 6.07) is 7.38. The lowest BCUT2D eigenvalue weighted by Gasteiger charge is -2.29. The summed E-state index contributed by atoms with van der Waals surface area (Å²) in [5.41, 5.74) is 0.843. The normalized spacial score (nSPS) is 17.8. The van der Waals surface area contributed by atoms with Crippen molar-refractivity contribution in [3.8, 4) is 17.1 Å². The fourth-order valence-electron chi connectivity index (χ4n) is 3.79. The van der Waals surface area contributed by atoms with E-state index in [4.69, 9.17) is 4.74 Å². The zero-order valence-electron chi connectivity index (χ0n) is 18.4. The molecule has 8 nitrogen and oxygen atoms in total. The van der Waals surface area contributed by atoms with Crippen molar-refractivity contribution >= 4 is 27.5 Å². The summed E-state index contributed by atoms with van der Waals surface area (Å²) >= 11 is 1.33. The quantitative estimate of drug-likeness (QED) is 0.525. The van der Waals surface area contributed by atoms with Crippen LogP contribution in [-0.2, 0) is 21.2 Å². The number of amides is 1. The summed E-state index contributed by atoms with van der Waals surface area (Å²) in [5, 5.41) is 9.30. The van der Waals surface area contributed by atoms with E-state index < -0.39 is 9.84 Å². The molecule has 170 valence electrons. The van der Waals surface area contributed by atoms with Crippen LogP contribution in [0.5, 0.6) is 5.75 Å². The molecule has 10 heteroatoms. The maximum atomic E-state index is 13.1. The molecular formula is C21H30N4O4S2. The van der Waals surface area contributed by atoms with Gasteiger partial charge in [-0.15, -0.1) is 10.2 Å². The molecule has 1 aromatic carbocycles. The number of hydrogen-bond donors (Lipinski definition) is 0. The number of methoxy groups -OCH3 is 1. The number of rotatable bonds is 9. The van der Waals surface area contributed by atoms with Crippen molar-refractivity contribution in [2.75, 3.05) is 30.9 Å². The Hall–Kier alpha value is -2.07. The molecule has 1 unspecified atom stereocenters. The third-order valence-corrected chi connectivity index (χ3v) is 7.94. The zero-order chi connectivity index (χ0) is 22.6. The Balaban J connectivity index is 1.76. The lowest BCUT2D eigenvalue weighted by atomic mass is 10.1. The van der Waals surface area contributed by atoms with Crippen molar-refractivity contribution < 1.29 is 17.9 Å². The van der Waals surface area contributed by atoms with Gasteiger partial charge in [0.25, 0.3) is 0 Å². The van der Waals surface area contributed by atoms with Gasteiger partial charge in [-0.1, -0.05) is 37.7 Å². The van der Waals surface area contributed by atoms with Gasteiger partial charge in [0.05, 0.1) is 29.9 Å². The predicted molar refractivity (Wildman–Crippen MR) is 122 cm³/mol. The average Bonchev–Trinajstić information content (AvgIpc) is 3.32. The minimum Gasteiger partial charge on any atom is -0.496 e. The molecule has 1 fully saturated rings. The van der Waals surface area contributed by atoms with Crippen molar-refractivity contribution in [1.29, 1.82) is 0 Å². The number of benzene rings is 1. The third kappa shape index (κ3) is 5.60. The van der Waals surface area contributed by atoms with Crippen LogP contribution in [0.15, 0.2) is 29.4 Å². The van der Waals surface area contributed by atoms with Gasteiger partial charge in [-0.25, -0.2) is 8.42 Å². The monoisotopic (exact) mass is 466 g/mol. The first-order chi connectivity index (χ1) is 14.8. The molecule has 1 saturated heterocycles. The van der Waals surface area contributed by atoms with Crippen molar-refractivity contribution in [1.82, 2.24) is 19.7 Å². The molecule has 31 heavy (non-hydrogen) atoms. The van der Waals surface area contributed by atoms with Gasteiger partial charge in [-0.3, -0.25) is 4.79 Å². The van der Waals surface area contributed by atoms with E-state index in [0.29, 0.717) is 36.2 Å². The first-order valence-corrected chi connectivity index (χ1v) is 13.3. The van der Waals surface area contributed by atoms with Gasteiger partial charge in [-0.05, 0) is 31.4 Å². The van der Waals surface area contributed by atoms with E-state index >= 15 is 0 Å². The number of thioether (sulfide) groups is 1. The highest BCUT2D eigenvalue weighted by atomic mass is 32.2. The Morgan fingerprint density at radius 3 is 2.68 bits per heavy atom. The Morgan fingerprint density at radius 1 is 1.32 bits per heavy atom. The molecule has 0 N–H and O–H groups in total. The second-order valence-electron chi connectivity index (χ2n) is 8.04. The fraction of sp³-hybridized carbons (Fsp3) is 0.571. The van der Waals surface area contributed by atoms with Crippen LogP contribution in [-0.4, -0.2) is 70.9 Å². The second kappa shape index (κ2) is 10.0. The van der Waals surface area contributed by atoms with E-state index in [1.54, 1.807) is 12.0 Å².